The number of pyridine rings is 1. The number of aryl methyl sites for hydroxylation is 1. The summed E-state index contributed by atoms with van der Waals surface area (Å²) in [6, 6.07) is 10.2. The zero-order valence-corrected chi connectivity index (χ0v) is 10.1. The number of aromatic nitrogens is 1. The summed E-state index contributed by atoms with van der Waals surface area (Å²) in [4.78, 5) is 4.03. The lowest BCUT2D eigenvalue weighted by atomic mass is 10.1. The minimum absolute atomic E-state index is 0.828. The number of nitrogens with zero attached hydrogens (tertiary/aromatic N) is 1. The van der Waals surface area contributed by atoms with Gasteiger partial charge in [0, 0.05) is 17.4 Å². The van der Waals surface area contributed by atoms with Gasteiger partial charge in [0.05, 0.1) is 0 Å². The molecule has 0 atom stereocenters. The van der Waals surface area contributed by atoms with Gasteiger partial charge in [-0.25, -0.2) is 0 Å². The van der Waals surface area contributed by atoms with Crippen molar-refractivity contribution < 1.29 is 0 Å². The number of fused-ring (bicyclic) bond motifs is 1. The molecule has 0 fully saturated rings. The SMILES string of the molecule is Clc1ccc2c(c1)CC/C2=C\c1ccncc1. The van der Waals surface area contributed by atoms with Crippen LogP contribution in [0, 0.1) is 0 Å². The molecule has 1 aliphatic carbocycles. The van der Waals surface area contributed by atoms with Gasteiger partial charge in [-0.1, -0.05) is 23.7 Å². The van der Waals surface area contributed by atoms with Gasteiger partial charge in [0.1, 0.15) is 0 Å². The van der Waals surface area contributed by atoms with E-state index < -0.39 is 0 Å². The third-order valence-corrected chi connectivity index (χ3v) is 3.36. The second kappa shape index (κ2) is 4.34. The summed E-state index contributed by atoms with van der Waals surface area (Å²) >= 11 is 6.00. The number of hydrogen-bond donors (Lipinski definition) is 0. The van der Waals surface area contributed by atoms with Gasteiger partial charge in [-0.2, -0.15) is 0 Å². The van der Waals surface area contributed by atoms with E-state index >= 15 is 0 Å². The van der Waals surface area contributed by atoms with Crippen molar-refractivity contribution >= 4 is 23.3 Å². The molecule has 0 saturated carbocycles. The van der Waals surface area contributed by atoms with E-state index in [1.165, 1.54) is 22.3 Å². The molecule has 2 aromatic rings. The van der Waals surface area contributed by atoms with Crippen LogP contribution in [-0.4, -0.2) is 4.98 Å². The van der Waals surface area contributed by atoms with Crippen LogP contribution in [0.25, 0.3) is 11.6 Å². The van der Waals surface area contributed by atoms with Crippen molar-refractivity contribution in [1.82, 2.24) is 4.98 Å². The van der Waals surface area contributed by atoms with Crippen LogP contribution in [0.2, 0.25) is 5.02 Å². The molecular weight excluding hydrogens is 230 g/mol. The Bertz CT molecular complexity index is 573. The van der Waals surface area contributed by atoms with Crippen LogP contribution < -0.4 is 0 Å². The predicted octanol–water partition coefficient (Wildman–Crippen LogP) is 4.22. The lowest BCUT2D eigenvalue weighted by molar-refractivity contribution is 1.08. The summed E-state index contributed by atoms with van der Waals surface area (Å²) in [5.41, 5.74) is 5.30. The Hall–Kier alpha value is -1.60. The third kappa shape index (κ3) is 2.11. The van der Waals surface area contributed by atoms with Crippen LogP contribution in [-0.2, 0) is 6.42 Å². The molecule has 0 spiro atoms. The maximum absolute atomic E-state index is 6.00. The fourth-order valence-electron chi connectivity index (χ4n) is 2.30. The number of rotatable bonds is 1. The highest BCUT2D eigenvalue weighted by Crippen LogP contribution is 2.34. The van der Waals surface area contributed by atoms with Gasteiger partial charge in [-0.05, 0) is 59.4 Å². The summed E-state index contributed by atoms with van der Waals surface area (Å²) in [5.74, 6) is 0. The number of halogens is 1. The standard InChI is InChI=1S/C15H12ClN/c16-14-3-4-15-12(1-2-13(15)10-14)9-11-5-7-17-8-6-11/h3-10H,1-2H2/b12-9+. The van der Waals surface area contributed by atoms with E-state index in [0.717, 1.165) is 17.9 Å². The molecule has 17 heavy (non-hydrogen) atoms. The summed E-state index contributed by atoms with van der Waals surface area (Å²) in [7, 11) is 0. The van der Waals surface area contributed by atoms with Crippen molar-refractivity contribution in [3.63, 3.8) is 0 Å². The minimum atomic E-state index is 0.828. The predicted molar refractivity (Wildman–Crippen MR) is 71.9 cm³/mol. The van der Waals surface area contributed by atoms with Crippen LogP contribution in [0.1, 0.15) is 23.1 Å². The Morgan fingerprint density at radius 2 is 1.88 bits per heavy atom. The Morgan fingerprint density at radius 1 is 1.06 bits per heavy atom. The van der Waals surface area contributed by atoms with Crippen LogP contribution in [0.4, 0.5) is 0 Å². The maximum atomic E-state index is 6.00. The first-order chi connectivity index (χ1) is 8.33. The fourth-order valence-corrected chi connectivity index (χ4v) is 2.49. The highest BCUT2D eigenvalue weighted by molar-refractivity contribution is 6.30. The Morgan fingerprint density at radius 3 is 2.71 bits per heavy atom. The van der Waals surface area contributed by atoms with Crippen LogP contribution in [0.15, 0.2) is 42.7 Å². The molecule has 2 heteroatoms. The van der Waals surface area contributed by atoms with Crippen molar-refractivity contribution in [1.29, 1.82) is 0 Å². The van der Waals surface area contributed by atoms with E-state index in [1.54, 1.807) is 0 Å². The van der Waals surface area contributed by atoms with E-state index in [9.17, 15) is 0 Å². The minimum Gasteiger partial charge on any atom is -0.265 e. The van der Waals surface area contributed by atoms with Gasteiger partial charge in [-0.15, -0.1) is 0 Å². The van der Waals surface area contributed by atoms with Gasteiger partial charge < -0.3 is 0 Å². The van der Waals surface area contributed by atoms with Crippen molar-refractivity contribution in [2.24, 2.45) is 0 Å². The van der Waals surface area contributed by atoms with Crippen molar-refractivity contribution in [3.8, 4) is 0 Å². The van der Waals surface area contributed by atoms with Crippen molar-refractivity contribution in [3.05, 3.63) is 64.4 Å². The quantitative estimate of drug-likeness (QED) is 0.728. The highest BCUT2D eigenvalue weighted by atomic mass is 35.5. The second-order valence-electron chi connectivity index (χ2n) is 4.25. The lowest BCUT2D eigenvalue weighted by Gasteiger charge is -2.01. The molecule has 3 rings (SSSR count). The molecular formula is C15H12ClN. The molecule has 1 nitrogen and oxygen atoms in total. The Labute approximate surface area is 106 Å². The molecule has 0 bridgehead atoms. The van der Waals surface area contributed by atoms with Gasteiger partial charge in [0.2, 0.25) is 0 Å². The molecule has 1 aliphatic rings. The molecule has 84 valence electrons. The summed E-state index contributed by atoms with van der Waals surface area (Å²) in [6.45, 7) is 0. The summed E-state index contributed by atoms with van der Waals surface area (Å²) < 4.78 is 0. The molecule has 0 aliphatic heterocycles. The van der Waals surface area contributed by atoms with Crippen LogP contribution >= 0.6 is 11.6 Å². The number of benzene rings is 1. The van der Waals surface area contributed by atoms with Crippen LogP contribution in [0.5, 0.6) is 0 Å². The van der Waals surface area contributed by atoms with Crippen molar-refractivity contribution in [2.45, 2.75) is 12.8 Å². The van der Waals surface area contributed by atoms with Gasteiger partial charge in [-0.3, -0.25) is 4.98 Å². The van der Waals surface area contributed by atoms with Gasteiger partial charge in [0.25, 0.3) is 0 Å². The molecule has 1 aromatic carbocycles. The molecule has 0 N–H and O–H groups in total. The van der Waals surface area contributed by atoms with Gasteiger partial charge in [0.15, 0.2) is 0 Å². The van der Waals surface area contributed by atoms with E-state index in [1.807, 2.05) is 30.6 Å². The zero-order chi connectivity index (χ0) is 11.7. The van der Waals surface area contributed by atoms with E-state index in [4.69, 9.17) is 11.6 Å². The first-order valence-electron chi connectivity index (χ1n) is 5.72. The largest absolute Gasteiger partial charge is 0.265 e. The lowest BCUT2D eigenvalue weighted by Crippen LogP contribution is -1.81. The molecule has 1 heterocycles. The molecule has 0 amide bonds. The van der Waals surface area contributed by atoms with E-state index in [0.29, 0.717) is 0 Å². The first-order valence-corrected chi connectivity index (χ1v) is 6.10. The number of hydrogen-bond acceptors (Lipinski definition) is 1. The van der Waals surface area contributed by atoms with Crippen molar-refractivity contribution in [2.75, 3.05) is 0 Å². The maximum Gasteiger partial charge on any atom is 0.0409 e. The monoisotopic (exact) mass is 241 g/mol. The Kier molecular flexibility index (Phi) is 2.69. The topological polar surface area (TPSA) is 12.9 Å². The summed E-state index contributed by atoms with van der Waals surface area (Å²) in [5, 5.41) is 0.828. The third-order valence-electron chi connectivity index (χ3n) is 3.12. The second-order valence-corrected chi connectivity index (χ2v) is 4.69. The number of allylic oxidation sites excluding steroid dienone is 1. The molecule has 1 aromatic heterocycles. The first kappa shape index (κ1) is 10.5. The zero-order valence-electron chi connectivity index (χ0n) is 9.36. The van der Waals surface area contributed by atoms with E-state index in [2.05, 4.69) is 23.2 Å². The molecule has 0 radical (unpaired) electrons. The molecule has 0 unspecified atom stereocenters. The molecule has 0 saturated heterocycles. The summed E-state index contributed by atoms with van der Waals surface area (Å²) in [6.07, 6.45) is 8.07. The normalized spacial score (nSPS) is 16.2. The smallest absolute Gasteiger partial charge is 0.0409 e. The Balaban J connectivity index is 2.02. The average molecular weight is 242 g/mol. The highest BCUT2D eigenvalue weighted by Gasteiger charge is 2.15. The average Bonchev–Trinajstić information content (AvgIpc) is 2.73. The van der Waals surface area contributed by atoms with Gasteiger partial charge >= 0.3 is 0 Å². The fraction of sp³-hybridized carbons (Fsp3) is 0.133. The van der Waals surface area contributed by atoms with E-state index in [-0.39, 0.29) is 0 Å². The van der Waals surface area contributed by atoms with Crippen LogP contribution in [0.3, 0.4) is 0 Å².